The van der Waals surface area contributed by atoms with Crippen LogP contribution in [0.1, 0.15) is 5.56 Å². The Labute approximate surface area is 247 Å². The fraction of sp³-hybridized carbons (Fsp3) is 0.0500. The van der Waals surface area contributed by atoms with Crippen molar-refractivity contribution in [2.45, 2.75) is 6.92 Å². The summed E-state index contributed by atoms with van der Waals surface area (Å²) in [6, 6.07) is 56.8. The van der Waals surface area contributed by atoms with E-state index in [-0.39, 0.29) is 0 Å². The van der Waals surface area contributed by atoms with Crippen molar-refractivity contribution in [1.29, 1.82) is 0 Å². The van der Waals surface area contributed by atoms with Gasteiger partial charge in [-0.05, 0) is 100 Å². The largest absolute Gasteiger partial charge is 0.345 e. The first-order valence-corrected chi connectivity index (χ1v) is 14.4. The molecule has 0 aliphatic heterocycles. The van der Waals surface area contributed by atoms with E-state index < -0.39 is 0 Å². The van der Waals surface area contributed by atoms with E-state index in [0.29, 0.717) is 0 Å². The number of rotatable bonds is 6. The molecule has 202 valence electrons. The maximum atomic E-state index is 2.35. The molecule has 0 fully saturated rings. The Bertz CT molecular complexity index is 1910. The van der Waals surface area contributed by atoms with E-state index in [9.17, 15) is 0 Å². The summed E-state index contributed by atoms with van der Waals surface area (Å²) in [6.45, 7) is 2.12. The second-order valence-electron chi connectivity index (χ2n) is 10.9. The van der Waals surface area contributed by atoms with Crippen molar-refractivity contribution in [2.75, 3.05) is 16.8 Å². The van der Waals surface area contributed by atoms with Gasteiger partial charge in [-0.15, -0.1) is 0 Å². The number of nitrogens with zero attached hydrogens (tertiary/aromatic N) is 2. The third-order valence-electron chi connectivity index (χ3n) is 8.12. The van der Waals surface area contributed by atoms with Crippen molar-refractivity contribution in [2.24, 2.45) is 0 Å². The monoisotopic (exact) mass is 540 g/mol. The van der Waals surface area contributed by atoms with Crippen LogP contribution in [0.3, 0.4) is 0 Å². The molecule has 7 aromatic rings. The zero-order chi connectivity index (χ0) is 28.5. The molecule has 0 radical (unpaired) electrons. The van der Waals surface area contributed by atoms with Gasteiger partial charge in [0.05, 0.1) is 0 Å². The summed E-state index contributed by atoms with van der Waals surface area (Å²) in [7, 11) is 2.11. The molecule has 0 amide bonds. The lowest BCUT2D eigenvalue weighted by molar-refractivity contribution is 1.20. The lowest BCUT2D eigenvalue weighted by Crippen LogP contribution is -2.10. The minimum atomic E-state index is 1.13. The lowest BCUT2D eigenvalue weighted by Gasteiger charge is -2.26. The molecule has 2 heteroatoms. The van der Waals surface area contributed by atoms with Crippen LogP contribution in [-0.2, 0) is 0 Å². The van der Waals surface area contributed by atoms with Gasteiger partial charge in [0.25, 0.3) is 0 Å². The van der Waals surface area contributed by atoms with Gasteiger partial charge in [0.2, 0.25) is 0 Å². The summed E-state index contributed by atoms with van der Waals surface area (Å²) >= 11 is 0. The van der Waals surface area contributed by atoms with Crippen LogP contribution in [0.2, 0.25) is 0 Å². The van der Waals surface area contributed by atoms with E-state index in [4.69, 9.17) is 0 Å². The summed E-state index contributed by atoms with van der Waals surface area (Å²) < 4.78 is 0. The van der Waals surface area contributed by atoms with Gasteiger partial charge in [0.15, 0.2) is 0 Å². The highest BCUT2D eigenvalue weighted by atomic mass is 15.1. The van der Waals surface area contributed by atoms with Crippen LogP contribution in [0.15, 0.2) is 158 Å². The Morgan fingerprint density at radius 1 is 0.357 bits per heavy atom. The molecule has 0 saturated carbocycles. The SMILES string of the molecule is Cc1ccc(N(C)c2ccc(-c3ccc(N(c4ccc5ccccc5c4)c4ccc5ccccc5c4)cc3)cc2)cc1. The first-order chi connectivity index (χ1) is 20.6. The summed E-state index contributed by atoms with van der Waals surface area (Å²) in [5, 5.41) is 4.94. The van der Waals surface area contributed by atoms with E-state index in [0.717, 1.165) is 22.7 Å². The zero-order valence-electron chi connectivity index (χ0n) is 23.9. The van der Waals surface area contributed by atoms with Gasteiger partial charge in [-0.2, -0.15) is 0 Å². The van der Waals surface area contributed by atoms with Crippen LogP contribution in [0.25, 0.3) is 32.7 Å². The maximum Gasteiger partial charge on any atom is 0.0468 e. The second kappa shape index (κ2) is 10.9. The quantitative estimate of drug-likeness (QED) is 0.207. The molecule has 0 bridgehead atoms. The summed E-state index contributed by atoms with van der Waals surface area (Å²) in [5.74, 6) is 0. The van der Waals surface area contributed by atoms with Crippen molar-refractivity contribution >= 4 is 50.0 Å². The summed E-state index contributed by atoms with van der Waals surface area (Å²) in [5.41, 5.74) is 9.41. The highest BCUT2D eigenvalue weighted by molar-refractivity contribution is 5.92. The Hall–Kier alpha value is -5.34. The first-order valence-electron chi connectivity index (χ1n) is 14.4. The van der Waals surface area contributed by atoms with Crippen molar-refractivity contribution in [3.8, 4) is 11.1 Å². The van der Waals surface area contributed by atoms with Gasteiger partial charge in [-0.25, -0.2) is 0 Å². The van der Waals surface area contributed by atoms with Crippen molar-refractivity contribution in [1.82, 2.24) is 0 Å². The second-order valence-corrected chi connectivity index (χ2v) is 10.9. The molecule has 0 saturated heterocycles. The third-order valence-corrected chi connectivity index (χ3v) is 8.12. The van der Waals surface area contributed by atoms with Gasteiger partial charge >= 0.3 is 0 Å². The molecule has 0 unspecified atom stereocenters. The highest BCUT2D eigenvalue weighted by Crippen LogP contribution is 2.38. The van der Waals surface area contributed by atoms with Crippen LogP contribution < -0.4 is 9.80 Å². The molecule has 0 heterocycles. The molecule has 0 spiro atoms. The van der Waals surface area contributed by atoms with Gasteiger partial charge in [-0.3, -0.25) is 0 Å². The predicted molar refractivity (Wildman–Crippen MR) is 181 cm³/mol. The maximum absolute atomic E-state index is 2.35. The highest BCUT2D eigenvalue weighted by Gasteiger charge is 2.14. The van der Waals surface area contributed by atoms with Crippen LogP contribution in [-0.4, -0.2) is 7.05 Å². The molecule has 2 nitrogen and oxygen atoms in total. The molecule has 42 heavy (non-hydrogen) atoms. The minimum absolute atomic E-state index is 1.13. The Morgan fingerprint density at radius 3 is 1.21 bits per heavy atom. The first kappa shape index (κ1) is 25.6. The lowest BCUT2D eigenvalue weighted by atomic mass is 10.0. The molecular weight excluding hydrogens is 508 g/mol. The number of anilines is 5. The molecular formula is C40H32N2. The molecule has 0 aliphatic rings. The van der Waals surface area contributed by atoms with Gasteiger partial charge in [0, 0.05) is 35.5 Å². The fourth-order valence-electron chi connectivity index (χ4n) is 5.68. The predicted octanol–water partition coefficient (Wildman–Crippen LogP) is 11.2. The van der Waals surface area contributed by atoms with Gasteiger partial charge in [0.1, 0.15) is 0 Å². The van der Waals surface area contributed by atoms with E-state index in [1.807, 2.05) is 0 Å². The van der Waals surface area contributed by atoms with Crippen LogP contribution in [0.5, 0.6) is 0 Å². The number of hydrogen-bond donors (Lipinski definition) is 0. The number of hydrogen-bond acceptors (Lipinski definition) is 2. The number of benzene rings is 7. The van der Waals surface area contributed by atoms with E-state index >= 15 is 0 Å². The Balaban J connectivity index is 1.23. The van der Waals surface area contributed by atoms with Crippen molar-refractivity contribution < 1.29 is 0 Å². The topological polar surface area (TPSA) is 6.48 Å². The van der Waals surface area contributed by atoms with E-state index in [1.54, 1.807) is 0 Å². The molecule has 0 aromatic heterocycles. The average molecular weight is 541 g/mol. The molecule has 7 rings (SSSR count). The van der Waals surface area contributed by atoms with Gasteiger partial charge < -0.3 is 9.80 Å². The number of fused-ring (bicyclic) bond motifs is 2. The molecule has 0 aliphatic carbocycles. The molecule has 0 atom stereocenters. The Kier molecular flexibility index (Phi) is 6.65. The van der Waals surface area contributed by atoms with Gasteiger partial charge in [-0.1, -0.05) is 103 Å². The van der Waals surface area contributed by atoms with Crippen molar-refractivity contribution in [3.63, 3.8) is 0 Å². The summed E-state index contributed by atoms with van der Waals surface area (Å²) in [4.78, 5) is 4.57. The van der Waals surface area contributed by atoms with Crippen LogP contribution in [0.4, 0.5) is 28.4 Å². The standard InChI is InChI=1S/C40H32N2/c1-29-11-19-36(20-12-29)41(2)37-21-13-32(14-22-37)33-15-23-38(24-16-33)42(39-25-17-30-7-3-5-9-34(30)27-39)40-26-18-31-8-4-6-10-35(31)28-40/h3-28H,1-2H3. The normalized spacial score (nSPS) is 11.1. The zero-order valence-corrected chi connectivity index (χ0v) is 23.9. The average Bonchev–Trinajstić information content (AvgIpc) is 3.05. The smallest absolute Gasteiger partial charge is 0.0468 e. The van der Waals surface area contributed by atoms with Crippen LogP contribution in [0, 0.1) is 6.92 Å². The fourth-order valence-corrected chi connectivity index (χ4v) is 5.68. The van der Waals surface area contributed by atoms with E-state index in [2.05, 4.69) is 181 Å². The van der Waals surface area contributed by atoms with E-state index in [1.165, 1.54) is 43.9 Å². The molecule has 7 aromatic carbocycles. The molecule has 0 N–H and O–H groups in total. The summed E-state index contributed by atoms with van der Waals surface area (Å²) in [6.07, 6.45) is 0. The third kappa shape index (κ3) is 5.00. The Morgan fingerprint density at radius 2 is 0.738 bits per heavy atom. The number of aryl methyl sites for hydroxylation is 1. The van der Waals surface area contributed by atoms with Crippen molar-refractivity contribution in [3.05, 3.63) is 163 Å². The van der Waals surface area contributed by atoms with Crippen LogP contribution >= 0.6 is 0 Å². The minimum Gasteiger partial charge on any atom is -0.345 e.